The number of rotatable bonds is 7. The molecule has 0 aliphatic heterocycles. The summed E-state index contributed by atoms with van der Waals surface area (Å²) in [6.45, 7) is 4.72. The fourth-order valence-corrected chi connectivity index (χ4v) is 1.83. The van der Waals surface area contributed by atoms with Gasteiger partial charge in [-0.3, -0.25) is 19.8 Å². The van der Waals surface area contributed by atoms with E-state index in [-0.39, 0.29) is 24.2 Å². The van der Waals surface area contributed by atoms with Gasteiger partial charge in [0.2, 0.25) is 5.91 Å². The van der Waals surface area contributed by atoms with Gasteiger partial charge < -0.3 is 10.4 Å². The van der Waals surface area contributed by atoms with Crippen LogP contribution >= 0.6 is 0 Å². The van der Waals surface area contributed by atoms with Crippen LogP contribution in [0.4, 0.5) is 11.4 Å². The molecule has 0 saturated carbocycles. The summed E-state index contributed by atoms with van der Waals surface area (Å²) in [6, 6.07) is 5.27. The van der Waals surface area contributed by atoms with Crippen molar-refractivity contribution < 1.29 is 14.8 Å². The predicted octanol–water partition coefficient (Wildman–Crippen LogP) is 1.24. The molecular weight excluding hydrogens is 262 g/mol. The number of anilines is 1. The van der Waals surface area contributed by atoms with E-state index in [1.165, 1.54) is 24.3 Å². The molecule has 0 aliphatic carbocycles. The third-order valence-corrected chi connectivity index (χ3v) is 3.07. The lowest BCUT2D eigenvalue weighted by molar-refractivity contribution is -0.384. The van der Waals surface area contributed by atoms with Gasteiger partial charge in [-0.2, -0.15) is 0 Å². The largest absolute Gasteiger partial charge is 0.395 e. The summed E-state index contributed by atoms with van der Waals surface area (Å²) in [7, 11) is 0. The van der Waals surface area contributed by atoms with Crippen molar-refractivity contribution in [2.24, 2.45) is 0 Å². The first kappa shape index (κ1) is 16.1. The second kappa shape index (κ2) is 7.56. The number of hydrogen-bond acceptors (Lipinski definition) is 5. The molecule has 0 spiro atoms. The number of nitrogens with zero attached hydrogens (tertiary/aromatic N) is 2. The number of aliphatic hydroxyl groups is 1. The highest BCUT2D eigenvalue weighted by Gasteiger charge is 2.19. The molecule has 0 fully saturated rings. The van der Waals surface area contributed by atoms with Gasteiger partial charge >= 0.3 is 0 Å². The van der Waals surface area contributed by atoms with Gasteiger partial charge in [0.25, 0.3) is 5.69 Å². The van der Waals surface area contributed by atoms with Crippen LogP contribution in [0.1, 0.15) is 13.8 Å². The first-order chi connectivity index (χ1) is 9.49. The number of nitro groups is 1. The molecule has 1 rings (SSSR count). The zero-order valence-electron chi connectivity index (χ0n) is 11.6. The van der Waals surface area contributed by atoms with E-state index in [0.29, 0.717) is 18.8 Å². The summed E-state index contributed by atoms with van der Waals surface area (Å²) in [6.07, 6.45) is 0. The molecule has 0 aromatic heterocycles. The van der Waals surface area contributed by atoms with Gasteiger partial charge in [0.15, 0.2) is 0 Å². The number of non-ortho nitro benzene ring substituents is 1. The Balaban J connectivity index is 2.67. The molecule has 0 heterocycles. The first-order valence-electron chi connectivity index (χ1n) is 6.39. The van der Waals surface area contributed by atoms with E-state index >= 15 is 0 Å². The molecule has 7 heteroatoms. The van der Waals surface area contributed by atoms with E-state index in [0.717, 1.165) is 0 Å². The monoisotopic (exact) mass is 281 g/mol. The van der Waals surface area contributed by atoms with Crippen molar-refractivity contribution in [2.75, 3.05) is 25.0 Å². The van der Waals surface area contributed by atoms with Crippen molar-refractivity contribution in [2.45, 2.75) is 19.9 Å². The Morgan fingerprint density at radius 3 is 2.50 bits per heavy atom. The van der Waals surface area contributed by atoms with Crippen molar-refractivity contribution >= 4 is 17.3 Å². The molecule has 2 N–H and O–H groups in total. The van der Waals surface area contributed by atoms with E-state index < -0.39 is 4.92 Å². The number of carbonyl (C=O) groups is 1. The molecule has 0 aliphatic rings. The molecule has 1 amide bonds. The third kappa shape index (κ3) is 4.29. The maximum absolute atomic E-state index is 12.0. The summed E-state index contributed by atoms with van der Waals surface area (Å²) in [5, 5.41) is 22.2. The van der Waals surface area contributed by atoms with Crippen LogP contribution in [0.2, 0.25) is 0 Å². The number of carbonyl (C=O) groups excluding carboxylic acids is 1. The van der Waals surface area contributed by atoms with Crippen LogP contribution in [0, 0.1) is 10.1 Å². The number of amides is 1. The lowest BCUT2D eigenvalue weighted by atomic mass is 10.2. The van der Waals surface area contributed by atoms with Gasteiger partial charge in [-0.05, 0) is 25.6 Å². The minimum atomic E-state index is -0.492. The summed E-state index contributed by atoms with van der Waals surface area (Å²) in [4.78, 5) is 23.9. The maximum Gasteiger partial charge on any atom is 0.269 e. The SMILES string of the molecule is CCN(CCO)C(C)C(=O)Nc1ccc([N+](=O)[O-])cc1. The Hall–Kier alpha value is -1.99. The smallest absolute Gasteiger partial charge is 0.269 e. The minimum absolute atomic E-state index is 0.0109. The van der Waals surface area contributed by atoms with Crippen LogP contribution in [0.3, 0.4) is 0 Å². The highest BCUT2D eigenvalue weighted by atomic mass is 16.6. The summed E-state index contributed by atoms with van der Waals surface area (Å²) in [5.74, 6) is -0.214. The Morgan fingerprint density at radius 2 is 2.05 bits per heavy atom. The molecule has 1 aromatic rings. The number of hydrogen-bond donors (Lipinski definition) is 2. The Morgan fingerprint density at radius 1 is 1.45 bits per heavy atom. The van der Waals surface area contributed by atoms with Crippen LogP contribution in [0.15, 0.2) is 24.3 Å². The summed E-state index contributed by atoms with van der Waals surface area (Å²) >= 11 is 0. The topological polar surface area (TPSA) is 95.7 Å². The molecule has 0 bridgehead atoms. The number of likely N-dealkylation sites (N-methyl/N-ethyl adjacent to an activating group) is 1. The first-order valence-corrected chi connectivity index (χ1v) is 6.39. The zero-order chi connectivity index (χ0) is 15.1. The van der Waals surface area contributed by atoms with E-state index in [4.69, 9.17) is 5.11 Å². The van der Waals surface area contributed by atoms with Crippen molar-refractivity contribution in [3.8, 4) is 0 Å². The molecule has 1 atom stereocenters. The van der Waals surface area contributed by atoms with Gasteiger partial charge in [-0.1, -0.05) is 6.92 Å². The van der Waals surface area contributed by atoms with Crippen LogP contribution in [0.5, 0.6) is 0 Å². The third-order valence-electron chi connectivity index (χ3n) is 3.07. The van der Waals surface area contributed by atoms with E-state index in [1.54, 1.807) is 6.92 Å². The zero-order valence-corrected chi connectivity index (χ0v) is 11.6. The molecule has 7 nitrogen and oxygen atoms in total. The van der Waals surface area contributed by atoms with Gasteiger partial charge in [0, 0.05) is 24.4 Å². The molecule has 0 radical (unpaired) electrons. The Labute approximate surface area is 117 Å². The van der Waals surface area contributed by atoms with Gasteiger partial charge in [-0.25, -0.2) is 0 Å². The quantitative estimate of drug-likeness (QED) is 0.579. The van der Waals surface area contributed by atoms with Gasteiger partial charge in [0.05, 0.1) is 17.6 Å². The molecule has 110 valence electrons. The fourth-order valence-electron chi connectivity index (χ4n) is 1.83. The molecular formula is C13H19N3O4. The highest BCUT2D eigenvalue weighted by molar-refractivity contribution is 5.94. The van der Waals surface area contributed by atoms with Crippen LogP contribution < -0.4 is 5.32 Å². The maximum atomic E-state index is 12.0. The van der Waals surface area contributed by atoms with Gasteiger partial charge in [0.1, 0.15) is 0 Å². The average Bonchev–Trinajstić information content (AvgIpc) is 2.44. The molecule has 1 unspecified atom stereocenters. The fraction of sp³-hybridized carbons (Fsp3) is 0.462. The number of benzene rings is 1. The van der Waals surface area contributed by atoms with E-state index in [9.17, 15) is 14.9 Å². The van der Waals surface area contributed by atoms with Crippen LogP contribution in [0.25, 0.3) is 0 Å². The lowest BCUT2D eigenvalue weighted by Crippen LogP contribution is -2.43. The summed E-state index contributed by atoms with van der Waals surface area (Å²) in [5.41, 5.74) is 0.485. The Kier molecular flexibility index (Phi) is 6.08. The minimum Gasteiger partial charge on any atom is -0.395 e. The predicted molar refractivity (Wildman–Crippen MR) is 75.5 cm³/mol. The van der Waals surface area contributed by atoms with Crippen molar-refractivity contribution in [1.29, 1.82) is 0 Å². The lowest BCUT2D eigenvalue weighted by Gasteiger charge is -2.25. The second-order valence-corrected chi connectivity index (χ2v) is 4.32. The number of aliphatic hydroxyl groups excluding tert-OH is 1. The normalized spacial score (nSPS) is 12.2. The summed E-state index contributed by atoms with van der Waals surface area (Å²) < 4.78 is 0. The van der Waals surface area contributed by atoms with Gasteiger partial charge in [-0.15, -0.1) is 0 Å². The number of nitrogens with one attached hydrogen (secondary N) is 1. The van der Waals surface area contributed by atoms with Crippen LogP contribution in [-0.4, -0.2) is 46.6 Å². The van der Waals surface area contributed by atoms with Crippen molar-refractivity contribution in [3.63, 3.8) is 0 Å². The highest BCUT2D eigenvalue weighted by Crippen LogP contribution is 2.16. The van der Waals surface area contributed by atoms with E-state index in [1.807, 2.05) is 11.8 Å². The second-order valence-electron chi connectivity index (χ2n) is 4.32. The number of nitro benzene ring substituents is 1. The van der Waals surface area contributed by atoms with Crippen molar-refractivity contribution in [3.05, 3.63) is 34.4 Å². The molecule has 0 saturated heterocycles. The standard InChI is InChI=1S/C13H19N3O4/c1-3-15(8-9-17)10(2)13(18)14-11-4-6-12(7-5-11)16(19)20/h4-7,10,17H,3,8-9H2,1-2H3,(H,14,18). The Bertz CT molecular complexity index is 461. The average molecular weight is 281 g/mol. The van der Waals surface area contributed by atoms with Crippen molar-refractivity contribution in [1.82, 2.24) is 4.90 Å². The molecule has 20 heavy (non-hydrogen) atoms. The molecule has 1 aromatic carbocycles. The van der Waals surface area contributed by atoms with E-state index in [2.05, 4.69) is 5.32 Å². The van der Waals surface area contributed by atoms with Crippen LogP contribution in [-0.2, 0) is 4.79 Å².